The first-order valence-corrected chi connectivity index (χ1v) is 9.55. The molecule has 2 heterocycles. The minimum atomic E-state index is -1.20. The molecule has 28 heavy (non-hydrogen) atoms. The van der Waals surface area contributed by atoms with E-state index in [1.807, 2.05) is 6.92 Å². The molecule has 1 aromatic carbocycles. The van der Waals surface area contributed by atoms with Crippen molar-refractivity contribution in [3.8, 4) is 11.5 Å². The molecular formula is C21H26O7. The van der Waals surface area contributed by atoms with Crippen molar-refractivity contribution in [2.75, 3.05) is 0 Å². The highest BCUT2D eigenvalue weighted by molar-refractivity contribution is 6.11. The number of aliphatic hydroxyl groups is 2. The third-order valence-electron chi connectivity index (χ3n) is 5.18. The number of Topliss-reactive ketones (excluding diaryl/α,β-unsaturated/α-hetero) is 1. The maximum absolute atomic E-state index is 12.7. The van der Waals surface area contributed by atoms with E-state index in [0.717, 1.165) is 0 Å². The quantitative estimate of drug-likeness (QED) is 0.513. The SMILES string of the molecule is CCCC(=O)c1c(O)c2c(c3c([C@@H](O)CC)cc(=O)oc13)O[C@H](C(C)(C)O)C2. The van der Waals surface area contributed by atoms with E-state index in [1.165, 1.54) is 6.07 Å². The van der Waals surface area contributed by atoms with E-state index in [4.69, 9.17) is 9.15 Å². The molecule has 2 atom stereocenters. The largest absolute Gasteiger partial charge is 0.507 e. The van der Waals surface area contributed by atoms with Gasteiger partial charge in [-0.15, -0.1) is 0 Å². The highest BCUT2D eigenvalue weighted by atomic mass is 16.5. The molecule has 0 amide bonds. The number of ketones is 1. The molecule has 0 spiro atoms. The zero-order valence-corrected chi connectivity index (χ0v) is 16.5. The van der Waals surface area contributed by atoms with Gasteiger partial charge in [0, 0.05) is 30.0 Å². The average Bonchev–Trinajstić information content (AvgIpc) is 3.06. The van der Waals surface area contributed by atoms with Crippen molar-refractivity contribution in [1.82, 2.24) is 0 Å². The molecule has 1 aromatic heterocycles. The van der Waals surface area contributed by atoms with E-state index in [-0.39, 0.29) is 46.8 Å². The molecule has 0 aliphatic carbocycles. The van der Waals surface area contributed by atoms with Gasteiger partial charge in [-0.05, 0) is 26.7 Å². The number of rotatable bonds is 6. The van der Waals surface area contributed by atoms with Gasteiger partial charge in [-0.3, -0.25) is 4.79 Å². The van der Waals surface area contributed by atoms with Crippen LogP contribution in [0.5, 0.6) is 11.5 Å². The molecule has 0 bridgehead atoms. The maximum Gasteiger partial charge on any atom is 0.336 e. The molecule has 0 saturated heterocycles. The summed E-state index contributed by atoms with van der Waals surface area (Å²) >= 11 is 0. The molecule has 3 N–H and O–H groups in total. The Balaban J connectivity index is 2.42. The standard InChI is InChI=1S/C21H26O7/c1-5-7-13(23)17-18(25)11-8-14(21(3,4)26)27-19(11)16-10(12(22)6-2)9-15(24)28-20(16)17/h9,12,14,22,25-26H,5-8H2,1-4H3/t12-,14-/m0/s1. The Kier molecular flexibility index (Phi) is 5.25. The van der Waals surface area contributed by atoms with Crippen molar-refractivity contribution < 1.29 is 29.3 Å². The van der Waals surface area contributed by atoms with Crippen LogP contribution in [0.1, 0.15) is 74.5 Å². The molecule has 0 radical (unpaired) electrons. The van der Waals surface area contributed by atoms with Crippen LogP contribution in [0.2, 0.25) is 0 Å². The van der Waals surface area contributed by atoms with Crippen molar-refractivity contribution in [2.45, 2.75) is 71.2 Å². The summed E-state index contributed by atoms with van der Waals surface area (Å²) in [7, 11) is 0. The van der Waals surface area contributed by atoms with Crippen LogP contribution in [0.15, 0.2) is 15.3 Å². The van der Waals surface area contributed by atoms with Crippen molar-refractivity contribution in [3.05, 3.63) is 33.2 Å². The van der Waals surface area contributed by atoms with Crippen LogP contribution >= 0.6 is 0 Å². The zero-order valence-electron chi connectivity index (χ0n) is 16.5. The van der Waals surface area contributed by atoms with Gasteiger partial charge in [0.25, 0.3) is 0 Å². The minimum absolute atomic E-state index is 0.0714. The summed E-state index contributed by atoms with van der Waals surface area (Å²) in [6.45, 7) is 6.78. The first-order valence-electron chi connectivity index (χ1n) is 9.55. The van der Waals surface area contributed by atoms with Gasteiger partial charge >= 0.3 is 5.63 Å². The molecule has 3 rings (SSSR count). The van der Waals surface area contributed by atoms with E-state index in [9.17, 15) is 24.9 Å². The molecule has 0 fully saturated rings. The van der Waals surface area contributed by atoms with Crippen LogP contribution in [0, 0.1) is 0 Å². The van der Waals surface area contributed by atoms with Gasteiger partial charge in [-0.2, -0.15) is 0 Å². The molecule has 1 aliphatic heterocycles. The lowest BCUT2D eigenvalue weighted by molar-refractivity contribution is -0.0225. The molecule has 152 valence electrons. The highest BCUT2D eigenvalue weighted by Gasteiger charge is 2.40. The first kappa shape index (κ1) is 20.4. The molecule has 0 saturated carbocycles. The van der Waals surface area contributed by atoms with E-state index < -0.39 is 23.4 Å². The first-order chi connectivity index (χ1) is 13.1. The van der Waals surface area contributed by atoms with Gasteiger partial charge in [0.2, 0.25) is 0 Å². The third-order valence-corrected chi connectivity index (χ3v) is 5.18. The van der Waals surface area contributed by atoms with Gasteiger partial charge in [0.05, 0.1) is 17.1 Å². The van der Waals surface area contributed by atoms with E-state index >= 15 is 0 Å². The fraction of sp³-hybridized carbons (Fsp3) is 0.524. The average molecular weight is 390 g/mol. The Morgan fingerprint density at radius 1 is 1.36 bits per heavy atom. The molecular weight excluding hydrogens is 364 g/mol. The highest BCUT2D eigenvalue weighted by Crippen LogP contribution is 2.48. The van der Waals surface area contributed by atoms with Crippen LogP contribution in [0.4, 0.5) is 0 Å². The number of phenols is 1. The number of hydrogen-bond donors (Lipinski definition) is 3. The zero-order chi connectivity index (χ0) is 20.8. The van der Waals surface area contributed by atoms with Gasteiger partial charge in [-0.1, -0.05) is 13.8 Å². The van der Waals surface area contributed by atoms with Crippen LogP contribution in [0.3, 0.4) is 0 Å². The summed E-state index contributed by atoms with van der Waals surface area (Å²) in [6, 6.07) is 1.18. The number of hydrogen-bond acceptors (Lipinski definition) is 7. The predicted molar refractivity (Wildman–Crippen MR) is 103 cm³/mol. The topological polar surface area (TPSA) is 117 Å². The van der Waals surface area contributed by atoms with E-state index in [2.05, 4.69) is 0 Å². The molecule has 2 aromatic rings. The number of aromatic hydroxyl groups is 1. The summed E-state index contributed by atoms with van der Waals surface area (Å²) < 4.78 is 11.3. The number of ether oxygens (including phenoxy) is 1. The van der Waals surface area contributed by atoms with Gasteiger partial charge in [0.15, 0.2) is 11.4 Å². The Labute approximate surface area is 162 Å². The second-order valence-corrected chi connectivity index (χ2v) is 7.82. The third kappa shape index (κ3) is 3.29. The summed E-state index contributed by atoms with van der Waals surface area (Å²) in [5, 5.41) is 32.0. The fourth-order valence-electron chi connectivity index (χ4n) is 3.61. The lowest BCUT2D eigenvalue weighted by Gasteiger charge is -2.25. The van der Waals surface area contributed by atoms with Crippen molar-refractivity contribution in [1.29, 1.82) is 0 Å². The van der Waals surface area contributed by atoms with Gasteiger partial charge in [0.1, 0.15) is 23.2 Å². The molecule has 7 nitrogen and oxygen atoms in total. The number of benzene rings is 1. The molecule has 0 unspecified atom stereocenters. The number of aliphatic hydroxyl groups excluding tert-OH is 1. The number of carbonyl (C=O) groups is 1. The Hall–Kier alpha value is -2.38. The number of carbonyl (C=O) groups excluding carboxylic acids is 1. The van der Waals surface area contributed by atoms with Crippen LogP contribution in [-0.4, -0.2) is 32.8 Å². The second kappa shape index (κ2) is 7.22. The Morgan fingerprint density at radius 2 is 2.04 bits per heavy atom. The normalized spacial score (nSPS) is 17.4. The fourth-order valence-corrected chi connectivity index (χ4v) is 3.61. The number of phenolic OH excluding ortho intramolecular Hbond substituents is 1. The predicted octanol–water partition coefficient (Wildman–Crippen LogP) is 3.00. The van der Waals surface area contributed by atoms with E-state index in [0.29, 0.717) is 23.8 Å². The number of fused-ring (bicyclic) bond motifs is 3. The van der Waals surface area contributed by atoms with Crippen LogP contribution in [-0.2, 0) is 6.42 Å². The van der Waals surface area contributed by atoms with Crippen molar-refractivity contribution in [3.63, 3.8) is 0 Å². The second-order valence-electron chi connectivity index (χ2n) is 7.82. The van der Waals surface area contributed by atoms with Crippen molar-refractivity contribution >= 4 is 16.8 Å². The summed E-state index contributed by atoms with van der Waals surface area (Å²) in [5.41, 5.74) is -1.43. The Bertz CT molecular complexity index is 981. The van der Waals surface area contributed by atoms with Gasteiger partial charge < -0.3 is 24.5 Å². The minimum Gasteiger partial charge on any atom is -0.507 e. The van der Waals surface area contributed by atoms with Crippen LogP contribution in [0.25, 0.3) is 11.0 Å². The van der Waals surface area contributed by atoms with Gasteiger partial charge in [-0.25, -0.2) is 4.79 Å². The maximum atomic E-state index is 12.7. The Morgan fingerprint density at radius 3 is 2.61 bits per heavy atom. The summed E-state index contributed by atoms with van der Waals surface area (Å²) in [6.07, 6.45) is -0.386. The smallest absolute Gasteiger partial charge is 0.336 e. The van der Waals surface area contributed by atoms with Crippen molar-refractivity contribution in [2.24, 2.45) is 0 Å². The molecule has 1 aliphatic rings. The summed E-state index contributed by atoms with van der Waals surface area (Å²) in [4.78, 5) is 24.9. The lowest BCUT2D eigenvalue weighted by Crippen LogP contribution is -2.39. The lowest BCUT2D eigenvalue weighted by atomic mass is 9.91. The van der Waals surface area contributed by atoms with E-state index in [1.54, 1.807) is 20.8 Å². The molecule has 7 heteroatoms. The van der Waals surface area contributed by atoms with Crippen LogP contribution < -0.4 is 10.4 Å². The monoisotopic (exact) mass is 390 g/mol. The summed E-state index contributed by atoms with van der Waals surface area (Å²) in [5.74, 6) is -0.413.